The number of nitrogens with zero attached hydrogens (tertiary/aromatic N) is 2. The van der Waals surface area contributed by atoms with Crippen LogP contribution in [0.3, 0.4) is 0 Å². The van der Waals surface area contributed by atoms with Crippen LogP contribution in [0.5, 0.6) is 0 Å². The maximum Gasteiger partial charge on any atom is 0.436 e. The highest BCUT2D eigenvalue weighted by Crippen LogP contribution is 2.46. The summed E-state index contributed by atoms with van der Waals surface area (Å²) in [7, 11) is 0. The molecule has 2 aliphatic rings. The molecule has 0 unspecified atom stereocenters. The van der Waals surface area contributed by atoms with Crippen molar-refractivity contribution in [1.82, 2.24) is 10.2 Å². The highest BCUT2D eigenvalue weighted by molar-refractivity contribution is 9.10. The quantitative estimate of drug-likeness (QED) is 0.624. The molecule has 4 nitrogen and oxygen atoms in total. The zero-order chi connectivity index (χ0) is 20.1. The molecule has 2 aromatic rings. The second-order valence-corrected chi connectivity index (χ2v) is 8.11. The summed E-state index contributed by atoms with van der Waals surface area (Å²) >= 11 is 4.33. The van der Waals surface area contributed by atoms with E-state index in [-0.39, 0.29) is 10.7 Å². The zero-order valence-corrected chi connectivity index (χ0v) is 16.8. The summed E-state index contributed by atoms with van der Waals surface area (Å²) < 4.78 is 43.2. The number of hydrogen-bond acceptors (Lipinski definition) is 3. The molecule has 2 aliphatic heterocycles. The van der Waals surface area contributed by atoms with Crippen LogP contribution in [0.2, 0.25) is 0 Å². The van der Waals surface area contributed by atoms with Gasteiger partial charge < -0.3 is 5.32 Å². The van der Waals surface area contributed by atoms with E-state index in [0.29, 0.717) is 11.3 Å². The van der Waals surface area contributed by atoms with Gasteiger partial charge in [-0.15, -0.1) is 0 Å². The Bertz CT molecular complexity index is 1000. The number of amidine groups is 1. The van der Waals surface area contributed by atoms with Crippen LogP contribution in [-0.2, 0) is 5.66 Å². The number of halogens is 4. The van der Waals surface area contributed by atoms with Crippen LogP contribution in [0.1, 0.15) is 16.7 Å². The number of carbonyl (C=O) groups is 1. The molecule has 1 atom stereocenters. The van der Waals surface area contributed by atoms with Gasteiger partial charge in [-0.1, -0.05) is 69.7 Å². The van der Waals surface area contributed by atoms with Crippen molar-refractivity contribution in [3.8, 4) is 0 Å². The fourth-order valence-electron chi connectivity index (χ4n) is 3.02. The molecule has 0 aromatic heterocycles. The molecule has 0 saturated heterocycles. The zero-order valence-electron chi connectivity index (χ0n) is 14.4. The molecule has 4 rings (SSSR count). The number of amides is 2. The third-order valence-corrected chi connectivity index (χ3v) is 5.84. The van der Waals surface area contributed by atoms with Crippen molar-refractivity contribution in [3.05, 3.63) is 75.1 Å². The Kier molecular flexibility index (Phi) is 4.54. The van der Waals surface area contributed by atoms with Gasteiger partial charge >= 0.3 is 12.2 Å². The van der Waals surface area contributed by atoms with Crippen molar-refractivity contribution in [2.45, 2.75) is 18.8 Å². The first-order valence-corrected chi connectivity index (χ1v) is 9.87. The smallest absolute Gasteiger partial charge is 0.301 e. The SMILES string of the molecule is Cc1ccc([C@@]2(C(F)(F)F)N=C3SC=C(c4ccc(Br)cc4)N3C(=O)N2)cc1. The van der Waals surface area contributed by atoms with Crippen LogP contribution in [0.15, 0.2) is 63.4 Å². The number of alkyl halides is 3. The number of aryl methyl sites for hydroxylation is 1. The van der Waals surface area contributed by atoms with Gasteiger partial charge in [0.1, 0.15) is 0 Å². The number of carbonyl (C=O) groups excluding carboxylic acids is 1. The Morgan fingerprint density at radius 3 is 2.36 bits per heavy atom. The first-order chi connectivity index (χ1) is 13.2. The monoisotopic (exact) mass is 467 g/mol. The van der Waals surface area contributed by atoms with Gasteiger partial charge in [-0.05, 0) is 24.6 Å². The number of rotatable bonds is 2. The van der Waals surface area contributed by atoms with Crippen LogP contribution in [0.4, 0.5) is 18.0 Å². The van der Waals surface area contributed by atoms with Crippen molar-refractivity contribution < 1.29 is 18.0 Å². The first kappa shape index (κ1) is 19.1. The highest BCUT2D eigenvalue weighted by Gasteiger charge is 2.61. The minimum Gasteiger partial charge on any atom is -0.301 e. The van der Waals surface area contributed by atoms with E-state index in [4.69, 9.17) is 0 Å². The Balaban J connectivity index is 1.80. The minimum atomic E-state index is -4.81. The Morgan fingerprint density at radius 2 is 1.75 bits per heavy atom. The van der Waals surface area contributed by atoms with Gasteiger partial charge in [0.05, 0.1) is 5.70 Å². The van der Waals surface area contributed by atoms with Gasteiger partial charge in [0.25, 0.3) is 5.66 Å². The van der Waals surface area contributed by atoms with E-state index in [0.717, 1.165) is 21.8 Å². The average molecular weight is 468 g/mol. The van der Waals surface area contributed by atoms with Gasteiger partial charge in [0, 0.05) is 15.4 Å². The predicted molar refractivity (Wildman–Crippen MR) is 106 cm³/mol. The van der Waals surface area contributed by atoms with E-state index in [1.807, 2.05) is 0 Å². The van der Waals surface area contributed by atoms with Crippen LogP contribution in [0.25, 0.3) is 5.70 Å². The maximum atomic E-state index is 14.1. The van der Waals surface area contributed by atoms with Crippen molar-refractivity contribution in [1.29, 1.82) is 0 Å². The summed E-state index contributed by atoms with van der Waals surface area (Å²) in [4.78, 5) is 17.9. The van der Waals surface area contributed by atoms with Crippen molar-refractivity contribution in [2.24, 2.45) is 4.99 Å². The molecule has 0 fully saturated rings. The van der Waals surface area contributed by atoms with E-state index in [1.165, 1.54) is 17.0 Å². The molecule has 0 bridgehead atoms. The number of benzene rings is 2. The van der Waals surface area contributed by atoms with E-state index in [9.17, 15) is 18.0 Å². The van der Waals surface area contributed by atoms with E-state index in [2.05, 4.69) is 26.2 Å². The number of hydrogen-bond donors (Lipinski definition) is 1. The summed E-state index contributed by atoms with van der Waals surface area (Å²) in [6.45, 7) is 1.78. The topological polar surface area (TPSA) is 44.7 Å². The molecule has 0 radical (unpaired) electrons. The molecule has 1 N–H and O–H groups in total. The molecule has 9 heteroatoms. The summed E-state index contributed by atoms with van der Waals surface area (Å²) in [6.07, 6.45) is -4.81. The lowest BCUT2D eigenvalue weighted by atomic mass is 9.97. The van der Waals surface area contributed by atoms with Crippen LogP contribution < -0.4 is 5.32 Å². The lowest BCUT2D eigenvalue weighted by molar-refractivity contribution is -0.196. The molecule has 2 aromatic carbocycles. The molecule has 144 valence electrons. The van der Waals surface area contributed by atoms with Crippen molar-refractivity contribution in [3.63, 3.8) is 0 Å². The van der Waals surface area contributed by atoms with Gasteiger partial charge in [0.15, 0.2) is 5.17 Å². The van der Waals surface area contributed by atoms with Gasteiger partial charge in [-0.25, -0.2) is 14.7 Å². The van der Waals surface area contributed by atoms with Crippen molar-refractivity contribution in [2.75, 3.05) is 0 Å². The van der Waals surface area contributed by atoms with Gasteiger partial charge in [-0.3, -0.25) is 0 Å². The molecule has 2 amide bonds. The molecule has 0 spiro atoms. The minimum absolute atomic E-state index is 0.0143. The second kappa shape index (κ2) is 6.66. The lowest BCUT2D eigenvalue weighted by Crippen LogP contribution is -2.61. The number of nitrogens with one attached hydrogen (secondary N) is 1. The number of thioether (sulfide) groups is 1. The number of aliphatic imine (C=N–C) groups is 1. The molecular formula is C19H13BrF3N3OS. The predicted octanol–water partition coefficient (Wildman–Crippen LogP) is 5.60. The van der Waals surface area contributed by atoms with Gasteiger partial charge in [-0.2, -0.15) is 13.2 Å². The third-order valence-electron chi connectivity index (χ3n) is 4.48. The van der Waals surface area contributed by atoms with Crippen LogP contribution in [0, 0.1) is 6.92 Å². The highest BCUT2D eigenvalue weighted by atomic mass is 79.9. The first-order valence-electron chi connectivity index (χ1n) is 8.20. The van der Waals surface area contributed by atoms with E-state index >= 15 is 0 Å². The van der Waals surface area contributed by atoms with Gasteiger partial charge in [0.2, 0.25) is 0 Å². The fourth-order valence-corrected chi connectivity index (χ4v) is 4.22. The van der Waals surface area contributed by atoms with E-state index in [1.54, 1.807) is 48.7 Å². The molecule has 2 heterocycles. The Morgan fingerprint density at radius 1 is 1.11 bits per heavy atom. The summed E-state index contributed by atoms with van der Waals surface area (Å²) in [5.41, 5.74) is -0.963. The second-order valence-electron chi connectivity index (χ2n) is 6.36. The largest absolute Gasteiger partial charge is 0.436 e. The molecule has 0 saturated carbocycles. The maximum absolute atomic E-state index is 14.1. The normalized spacial score (nSPS) is 21.8. The molecular weight excluding hydrogens is 455 g/mol. The Labute approximate surface area is 171 Å². The lowest BCUT2D eigenvalue weighted by Gasteiger charge is -2.39. The standard InChI is InChI=1S/C19H13BrF3N3OS/c1-11-2-6-13(7-3-11)18(19(21,22)23)24-16(27)26-15(10-28-17(26)25-18)12-4-8-14(20)9-5-12/h2-10H,1H3,(H,24,27)/t18-/m0/s1. The summed E-state index contributed by atoms with van der Waals surface area (Å²) in [5.74, 6) is 0. The third kappa shape index (κ3) is 3.02. The summed E-state index contributed by atoms with van der Waals surface area (Å²) in [6, 6.07) is 12.1. The fraction of sp³-hybridized carbons (Fsp3) is 0.158. The Hall–Kier alpha value is -2.26. The summed E-state index contributed by atoms with van der Waals surface area (Å²) in [5, 5.41) is 3.71. The number of urea groups is 1. The van der Waals surface area contributed by atoms with Crippen LogP contribution in [-0.4, -0.2) is 22.3 Å². The van der Waals surface area contributed by atoms with E-state index < -0.39 is 17.9 Å². The number of fused-ring (bicyclic) bond motifs is 1. The molecule has 0 aliphatic carbocycles. The molecule has 28 heavy (non-hydrogen) atoms. The van der Waals surface area contributed by atoms with Crippen molar-refractivity contribution >= 4 is 44.6 Å². The van der Waals surface area contributed by atoms with Crippen LogP contribution >= 0.6 is 27.7 Å². The average Bonchev–Trinajstić information content (AvgIpc) is 3.06.